The monoisotopic (exact) mass is 309 g/mol. The van der Waals surface area contributed by atoms with Crippen molar-refractivity contribution in [3.8, 4) is 0 Å². The highest BCUT2D eigenvalue weighted by atomic mass is 16.5. The number of pyridine rings is 1. The Hall–Kier alpha value is -3.15. The summed E-state index contributed by atoms with van der Waals surface area (Å²) in [5.74, 6) is -0.805. The summed E-state index contributed by atoms with van der Waals surface area (Å²) in [6.45, 7) is 2.01. The van der Waals surface area contributed by atoms with E-state index in [9.17, 15) is 9.59 Å². The lowest BCUT2D eigenvalue weighted by atomic mass is 10.1. The number of benzene rings is 1. The van der Waals surface area contributed by atoms with Crippen LogP contribution in [0.2, 0.25) is 0 Å². The van der Waals surface area contributed by atoms with E-state index in [2.05, 4.69) is 10.3 Å². The summed E-state index contributed by atoms with van der Waals surface area (Å²) in [4.78, 5) is 28.7. The quantitative estimate of drug-likeness (QED) is 0.752. The number of nitrogens with one attached hydrogen (secondary N) is 1. The normalized spacial score (nSPS) is 10.5. The first-order chi connectivity index (χ1) is 11.2. The number of imidazole rings is 1. The summed E-state index contributed by atoms with van der Waals surface area (Å²) in [6, 6.07) is 10.2. The zero-order valence-corrected chi connectivity index (χ0v) is 12.5. The number of rotatable bonds is 4. The first-order valence-corrected chi connectivity index (χ1v) is 7.20. The third-order valence-corrected chi connectivity index (χ3v) is 3.33. The molecule has 23 heavy (non-hydrogen) atoms. The molecule has 0 atom stereocenters. The lowest BCUT2D eigenvalue weighted by Crippen LogP contribution is -2.16. The standard InChI is InChI=1S/C17H15N3O3/c1-2-23-17(22)12-6-3-4-8-14(12)19-16(21)13-7-5-10-20-11-9-18-15(13)20/h3-11H,2H2,1H3,(H,19,21). The van der Waals surface area contributed by atoms with Crippen molar-refractivity contribution in [3.63, 3.8) is 0 Å². The van der Waals surface area contributed by atoms with Gasteiger partial charge in [0.2, 0.25) is 0 Å². The number of anilines is 1. The largest absolute Gasteiger partial charge is 0.462 e. The molecule has 0 saturated heterocycles. The molecule has 0 aliphatic heterocycles. The SMILES string of the molecule is CCOC(=O)c1ccccc1NC(=O)c1cccn2ccnc12. The number of para-hydroxylation sites is 1. The summed E-state index contributed by atoms with van der Waals surface area (Å²) >= 11 is 0. The molecule has 1 N–H and O–H groups in total. The van der Waals surface area contributed by atoms with Gasteiger partial charge in [0.15, 0.2) is 0 Å². The number of ether oxygens (including phenoxy) is 1. The van der Waals surface area contributed by atoms with Crippen LogP contribution in [0.25, 0.3) is 5.65 Å². The minimum atomic E-state index is -0.470. The van der Waals surface area contributed by atoms with Crippen molar-refractivity contribution in [1.29, 1.82) is 0 Å². The Morgan fingerprint density at radius 1 is 1.13 bits per heavy atom. The van der Waals surface area contributed by atoms with Gasteiger partial charge in [-0.1, -0.05) is 12.1 Å². The number of amides is 1. The molecule has 3 aromatic rings. The van der Waals surface area contributed by atoms with Crippen LogP contribution in [0.4, 0.5) is 5.69 Å². The molecular formula is C17H15N3O3. The molecule has 0 aliphatic carbocycles. The molecule has 3 rings (SSSR count). The minimum Gasteiger partial charge on any atom is -0.462 e. The van der Waals surface area contributed by atoms with E-state index in [1.807, 2.05) is 6.20 Å². The van der Waals surface area contributed by atoms with E-state index in [1.54, 1.807) is 60.1 Å². The number of hydrogen-bond donors (Lipinski definition) is 1. The number of nitrogens with zero attached hydrogens (tertiary/aromatic N) is 2. The first kappa shape index (κ1) is 14.8. The van der Waals surface area contributed by atoms with Crippen LogP contribution in [0.5, 0.6) is 0 Å². The molecule has 0 spiro atoms. The molecule has 0 saturated carbocycles. The van der Waals surface area contributed by atoms with Gasteiger partial charge in [0.05, 0.1) is 23.4 Å². The number of carbonyl (C=O) groups is 2. The maximum absolute atomic E-state index is 12.5. The molecule has 0 fully saturated rings. The molecule has 2 heterocycles. The van der Waals surface area contributed by atoms with E-state index in [0.29, 0.717) is 22.5 Å². The van der Waals surface area contributed by atoms with Crippen LogP contribution >= 0.6 is 0 Å². The summed E-state index contributed by atoms with van der Waals surface area (Å²) in [6.07, 6.45) is 5.20. The fourth-order valence-corrected chi connectivity index (χ4v) is 2.29. The maximum atomic E-state index is 12.5. The molecule has 0 aliphatic rings. The van der Waals surface area contributed by atoms with E-state index >= 15 is 0 Å². The summed E-state index contributed by atoms with van der Waals surface area (Å²) in [5, 5.41) is 2.75. The molecule has 116 valence electrons. The second-order valence-corrected chi connectivity index (χ2v) is 4.80. The van der Waals surface area contributed by atoms with E-state index < -0.39 is 5.97 Å². The van der Waals surface area contributed by atoms with Crippen molar-refractivity contribution in [2.75, 3.05) is 11.9 Å². The van der Waals surface area contributed by atoms with Crippen LogP contribution in [-0.4, -0.2) is 27.9 Å². The predicted molar refractivity (Wildman–Crippen MR) is 85.5 cm³/mol. The topological polar surface area (TPSA) is 72.7 Å². The van der Waals surface area contributed by atoms with Crippen molar-refractivity contribution in [1.82, 2.24) is 9.38 Å². The number of esters is 1. The van der Waals surface area contributed by atoms with Crippen molar-refractivity contribution < 1.29 is 14.3 Å². The number of hydrogen-bond acceptors (Lipinski definition) is 4. The predicted octanol–water partition coefficient (Wildman–Crippen LogP) is 2.76. The van der Waals surface area contributed by atoms with E-state index in [4.69, 9.17) is 4.74 Å². The van der Waals surface area contributed by atoms with Gasteiger partial charge in [-0.3, -0.25) is 4.79 Å². The Labute approximate surface area is 132 Å². The second kappa shape index (κ2) is 6.31. The Balaban J connectivity index is 1.92. The first-order valence-electron chi connectivity index (χ1n) is 7.20. The van der Waals surface area contributed by atoms with Gasteiger partial charge in [0.1, 0.15) is 5.65 Å². The van der Waals surface area contributed by atoms with Crippen molar-refractivity contribution in [3.05, 3.63) is 66.1 Å². The van der Waals surface area contributed by atoms with Gasteiger partial charge in [0.25, 0.3) is 5.91 Å². The fraction of sp³-hybridized carbons (Fsp3) is 0.118. The average molecular weight is 309 g/mol. The van der Waals surface area contributed by atoms with Gasteiger partial charge < -0.3 is 14.5 Å². The zero-order chi connectivity index (χ0) is 16.2. The summed E-state index contributed by atoms with van der Waals surface area (Å²) in [5.41, 5.74) is 1.71. The Kier molecular flexibility index (Phi) is 4.05. The Bertz CT molecular complexity index is 870. The highest BCUT2D eigenvalue weighted by Gasteiger charge is 2.16. The molecular weight excluding hydrogens is 294 g/mol. The van der Waals surface area contributed by atoms with Crippen LogP contribution in [0.1, 0.15) is 27.6 Å². The van der Waals surface area contributed by atoms with E-state index in [1.165, 1.54) is 0 Å². The van der Waals surface area contributed by atoms with E-state index in [-0.39, 0.29) is 12.5 Å². The third-order valence-electron chi connectivity index (χ3n) is 3.33. The van der Waals surface area contributed by atoms with Crippen LogP contribution in [0, 0.1) is 0 Å². The number of fused-ring (bicyclic) bond motifs is 1. The molecule has 0 unspecified atom stereocenters. The average Bonchev–Trinajstić information content (AvgIpc) is 3.04. The molecule has 1 aromatic carbocycles. The van der Waals surface area contributed by atoms with Gasteiger partial charge in [-0.25, -0.2) is 9.78 Å². The molecule has 1 amide bonds. The van der Waals surface area contributed by atoms with Crippen LogP contribution in [0.15, 0.2) is 55.0 Å². The Morgan fingerprint density at radius 2 is 1.91 bits per heavy atom. The third kappa shape index (κ3) is 2.91. The lowest BCUT2D eigenvalue weighted by molar-refractivity contribution is 0.0527. The zero-order valence-electron chi connectivity index (χ0n) is 12.5. The van der Waals surface area contributed by atoms with Crippen LogP contribution < -0.4 is 5.32 Å². The number of carbonyl (C=O) groups excluding carboxylic acids is 2. The van der Waals surface area contributed by atoms with Gasteiger partial charge in [-0.15, -0.1) is 0 Å². The maximum Gasteiger partial charge on any atom is 0.340 e. The summed E-state index contributed by atoms with van der Waals surface area (Å²) in [7, 11) is 0. The smallest absolute Gasteiger partial charge is 0.340 e. The molecule has 0 radical (unpaired) electrons. The van der Waals surface area contributed by atoms with Crippen molar-refractivity contribution in [2.24, 2.45) is 0 Å². The molecule has 6 heteroatoms. The molecule has 0 bridgehead atoms. The van der Waals surface area contributed by atoms with E-state index in [0.717, 1.165) is 0 Å². The molecule has 6 nitrogen and oxygen atoms in total. The van der Waals surface area contributed by atoms with Crippen LogP contribution in [0.3, 0.4) is 0 Å². The van der Waals surface area contributed by atoms with Gasteiger partial charge >= 0.3 is 5.97 Å². The number of aromatic nitrogens is 2. The molecule has 2 aromatic heterocycles. The summed E-state index contributed by atoms with van der Waals surface area (Å²) < 4.78 is 6.76. The van der Waals surface area contributed by atoms with Crippen LogP contribution in [-0.2, 0) is 4.74 Å². The van der Waals surface area contributed by atoms with Crippen molar-refractivity contribution in [2.45, 2.75) is 6.92 Å². The minimum absolute atomic E-state index is 0.272. The fourth-order valence-electron chi connectivity index (χ4n) is 2.29. The highest BCUT2D eigenvalue weighted by Crippen LogP contribution is 2.18. The van der Waals surface area contributed by atoms with Crippen molar-refractivity contribution >= 4 is 23.2 Å². The van der Waals surface area contributed by atoms with Gasteiger partial charge in [-0.05, 0) is 31.2 Å². The highest BCUT2D eigenvalue weighted by molar-refractivity contribution is 6.10. The Morgan fingerprint density at radius 3 is 2.74 bits per heavy atom. The second-order valence-electron chi connectivity index (χ2n) is 4.80. The van der Waals surface area contributed by atoms with Gasteiger partial charge in [0, 0.05) is 18.6 Å². The van der Waals surface area contributed by atoms with Gasteiger partial charge in [-0.2, -0.15) is 0 Å². The lowest BCUT2D eigenvalue weighted by Gasteiger charge is -2.10.